The molecular formula is C28H31Cl2N3O4. The van der Waals surface area contributed by atoms with Crippen LogP contribution >= 0.6 is 23.2 Å². The largest absolute Gasteiger partial charge is 0.481 e. The summed E-state index contributed by atoms with van der Waals surface area (Å²) in [6, 6.07) is 12.3. The Morgan fingerprint density at radius 1 is 1.03 bits per heavy atom. The van der Waals surface area contributed by atoms with Crippen LogP contribution in [0.3, 0.4) is 0 Å². The molecule has 2 aliphatic rings. The first kappa shape index (κ1) is 27.1. The van der Waals surface area contributed by atoms with Crippen molar-refractivity contribution in [3.63, 3.8) is 0 Å². The summed E-state index contributed by atoms with van der Waals surface area (Å²) in [5, 5.41) is 12.2. The maximum absolute atomic E-state index is 13.7. The zero-order valence-corrected chi connectivity index (χ0v) is 22.5. The number of aliphatic imine (C=N–C) groups is 1. The monoisotopic (exact) mass is 543 g/mol. The van der Waals surface area contributed by atoms with E-state index in [9.17, 15) is 14.4 Å². The lowest BCUT2D eigenvalue weighted by Crippen LogP contribution is -2.50. The van der Waals surface area contributed by atoms with E-state index in [1.54, 1.807) is 30.3 Å². The average molecular weight is 544 g/mol. The topological polar surface area (TPSA) is 99.1 Å². The third-order valence-electron chi connectivity index (χ3n) is 7.28. The van der Waals surface area contributed by atoms with Crippen molar-refractivity contribution in [2.24, 2.45) is 10.4 Å². The number of carbonyl (C=O) groups excluding carboxylic acids is 2. The van der Waals surface area contributed by atoms with Crippen LogP contribution in [-0.4, -0.2) is 52.3 Å². The first-order chi connectivity index (χ1) is 17.5. The Balaban J connectivity index is 1.50. The number of benzene rings is 2. The van der Waals surface area contributed by atoms with Crippen molar-refractivity contribution < 1.29 is 19.5 Å². The summed E-state index contributed by atoms with van der Waals surface area (Å²) in [5.74, 6) is -1.39. The molecule has 0 atom stereocenters. The molecule has 2 aromatic rings. The summed E-state index contributed by atoms with van der Waals surface area (Å²) in [6.45, 7) is 5.07. The van der Waals surface area contributed by atoms with Crippen molar-refractivity contribution in [1.82, 2.24) is 10.2 Å². The van der Waals surface area contributed by atoms with Gasteiger partial charge in [-0.1, -0.05) is 49.2 Å². The van der Waals surface area contributed by atoms with Gasteiger partial charge in [-0.25, -0.2) is 0 Å². The third-order valence-corrected chi connectivity index (χ3v) is 7.71. The second-order valence-electron chi connectivity index (χ2n) is 10.6. The zero-order chi connectivity index (χ0) is 26.8. The molecule has 196 valence electrons. The van der Waals surface area contributed by atoms with E-state index in [2.05, 4.69) is 19.2 Å². The average Bonchev–Trinajstić information content (AvgIpc) is 3.10. The van der Waals surface area contributed by atoms with E-state index in [0.717, 1.165) is 31.2 Å². The maximum atomic E-state index is 13.7. The lowest BCUT2D eigenvalue weighted by Gasteiger charge is -2.44. The SMILES string of the molecule is CC1(C)CCC2(CC1)N=C(c1cc(Cl)cc(Cl)c1)C(=O)N2CCc1ccc(C(=O)NCCC(=O)O)cc1. The van der Waals surface area contributed by atoms with E-state index in [-0.39, 0.29) is 30.2 Å². The van der Waals surface area contributed by atoms with Crippen molar-refractivity contribution >= 4 is 46.7 Å². The van der Waals surface area contributed by atoms with Crippen LogP contribution in [0.2, 0.25) is 10.0 Å². The second kappa shape index (κ2) is 10.8. The summed E-state index contributed by atoms with van der Waals surface area (Å²) in [6.07, 6.45) is 4.00. The van der Waals surface area contributed by atoms with Gasteiger partial charge in [-0.15, -0.1) is 0 Å². The minimum atomic E-state index is -0.961. The first-order valence-electron chi connectivity index (χ1n) is 12.5. The van der Waals surface area contributed by atoms with Crippen molar-refractivity contribution in [3.8, 4) is 0 Å². The van der Waals surface area contributed by atoms with E-state index in [4.69, 9.17) is 33.3 Å². The van der Waals surface area contributed by atoms with Crippen LogP contribution in [0, 0.1) is 5.41 Å². The molecular weight excluding hydrogens is 513 g/mol. The number of carboxylic acid groups (broad SMARTS) is 1. The lowest BCUT2D eigenvalue weighted by molar-refractivity contribution is -0.136. The Morgan fingerprint density at radius 3 is 2.24 bits per heavy atom. The molecule has 1 saturated carbocycles. The zero-order valence-electron chi connectivity index (χ0n) is 21.0. The van der Waals surface area contributed by atoms with E-state index in [1.165, 1.54) is 0 Å². The summed E-state index contributed by atoms with van der Waals surface area (Å²) >= 11 is 12.5. The fourth-order valence-electron chi connectivity index (χ4n) is 4.98. The molecule has 0 bridgehead atoms. The van der Waals surface area contributed by atoms with Gasteiger partial charge < -0.3 is 15.3 Å². The normalized spacial score (nSPS) is 18.1. The molecule has 1 aliphatic heterocycles. The van der Waals surface area contributed by atoms with Crippen LogP contribution in [0.1, 0.15) is 67.4 Å². The number of nitrogens with zero attached hydrogens (tertiary/aromatic N) is 2. The lowest BCUT2D eigenvalue weighted by atomic mass is 9.72. The first-order valence-corrected chi connectivity index (χ1v) is 13.2. The molecule has 2 amide bonds. The van der Waals surface area contributed by atoms with Crippen molar-refractivity contribution in [1.29, 1.82) is 0 Å². The van der Waals surface area contributed by atoms with E-state index >= 15 is 0 Å². The minimum Gasteiger partial charge on any atom is -0.481 e. The molecule has 37 heavy (non-hydrogen) atoms. The molecule has 7 nitrogen and oxygen atoms in total. The van der Waals surface area contributed by atoms with Crippen LogP contribution in [-0.2, 0) is 16.0 Å². The van der Waals surface area contributed by atoms with Crippen LogP contribution in [0.25, 0.3) is 0 Å². The van der Waals surface area contributed by atoms with E-state index in [0.29, 0.717) is 39.8 Å². The summed E-state index contributed by atoms with van der Waals surface area (Å²) in [7, 11) is 0. The van der Waals surface area contributed by atoms with E-state index < -0.39 is 11.6 Å². The third kappa shape index (κ3) is 6.33. The van der Waals surface area contributed by atoms with Crippen molar-refractivity contribution in [3.05, 3.63) is 69.2 Å². The molecule has 0 saturated heterocycles. The van der Waals surface area contributed by atoms with Crippen LogP contribution < -0.4 is 5.32 Å². The van der Waals surface area contributed by atoms with Gasteiger partial charge in [0.05, 0.1) is 6.42 Å². The second-order valence-corrected chi connectivity index (χ2v) is 11.4. The number of amides is 2. The molecule has 2 aromatic carbocycles. The highest BCUT2D eigenvalue weighted by Gasteiger charge is 2.50. The van der Waals surface area contributed by atoms with Gasteiger partial charge in [0.2, 0.25) is 0 Å². The highest BCUT2D eigenvalue weighted by atomic mass is 35.5. The minimum absolute atomic E-state index is 0.0754. The Labute approximate surface area is 226 Å². The smallest absolute Gasteiger partial charge is 0.305 e. The van der Waals surface area contributed by atoms with Gasteiger partial charge in [0, 0.05) is 34.3 Å². The van der Waals surface area contributed by atoms with Gasteiger partial charge in [-0.2, -0.15) is 0 Å². The molecule has 0 radical (unpaired) electrons. The standard InChI is InChI=1S/C28H31Cl2N3O4/c1-27(2)9-11-28(12-10-27)32-24(20-15-21(29)17-22(30)16-20)26(37)33(28)14-8-18-3-5-19(6-4-18)25(36)31-13-7-23(34)35/h3-6,15-17H,7-14H2,1-2H3,(H,31,36)(H,34,35). The number of carbonyl (C=O) groups is 3. The molecule has 1 heterocycles. The Kier molecular flexibility index (Phi) is 7.95. The summed E-state index contributed by atoms with van der Waals surface area (Å²) in [4.78, 5) is 43.5. The van der Waals surface area contributed by atoms with Gasteiger partial charge in [0.25, 0.3) is 11.8 Å². The quantitative estimate of drug-likeness (QED) is 0.467. The molecule has 1 fully saturated rings. The molecule has 1 aliphatic carbocycles. The van der Waals surface area contributed by atoms with Gasteiger partial charge in [-0.05, 0) is 73.4 Å². The fraction of sp³-hybridized carbons (Fsp3) is 0.429. The number of halogens is 2. The fourth-order valence-corrected chi connectivity index (χ4v) is 5.51. The maximum Gasteiger partial charge on any atom is 0.305 e. The van der Waals surface area contributed by atoms with Crippen LogP contribution in [0.5, 0.6) is 0 Å². The Morgan fingerprint density at radius 2 is 1.65 bits per heavy atom. The number of rotatable bonds is 8. The van der Waals surface area contributed by atoms with Gasteiger partial charge >= 0.3 is 5.97 Å². The Bertz CT molecular complexity index is 1210. The van der Waals surface area contributed by atoms with Crippen LogP contribution in [0.15, 0.2) is 47.5 Å². The molecule has 4 rings (SSSR count). The predicted molar refractivity (Wildman–Crippen MR) is 144 cm³/mol. The number of nitrogens with one attached hydrogen (secondary N) is 1. The number of hydrogen-bond acceptors (Lipinski definition) is 4. The highest BCUT2D eigenvalue weighted by Crippen LogP contribution is 2.46. The Hall–Kier alpha value is -2.90. The number of hydrogen-bond donors (Lipinski definition) is 2. The number of aliphatic carboxylic acids is 1. The highest BCUT2D eigenvalue weighted by molar-refractivity contribution is 6.47. The molecule has 9 heteroatoms. The molecule has 0 aromatic heterocycles. The summed E-state index contributed by atoms with van der Waals surface area (Å²) in [5.41, 5.74) is 2.10. The molecule has 2 N–H and O–H groups in total. The molecule has 1 spiro atoms. The predicted octanol–water partition coefficient (Wildman–Crippen LogP) is 5.37. The molecule has 0 unspecified atom stereocenters. The van der Waals surface area contributed by atoms with Crippen molar-refractivity contribution in [2.45, 2.75) is 58.0 Å². The van der Waals surface area contributed by atoms with Gasteiger partial charge in [0.1, 0.15) is 11.4 Å². The van der Waals surface area contributed by atoms with Gasteiger partial charge in [-0.3, -0.25) is 19.4 Å². The van der Waals surface area contributed by atoms with Gasteiger partial charge in [0.15, 0.2) is 0 Å². The van der Waals surface area contributed by atoms with Crippen LogP contribution in [0.4, 0.5) is 0 Å². The van der Waals surface area contributed by atoms with E-state index in [1.807, 2.05) is 17.0 Å². The summed E-state index contributed by atoms with van der Waals surface area (Å²) < 4.78 is 0. The number of carboxylic acids is 1. The van der Waals surface area contributed by atoms with Crippen molar-refractivity contribution in [2.75, 3.05) is 13.1 Å².